The Labute approximate surface area is 147 Å². The van der Waals surface area contributed by atoms with E-state index in [1.807, 2.05) is 49.4 Å². The van der Waals surface area contributed by atoms with Crippen molar-refractivity contribution in [3.63, 3.8) is 0 Å². The van der Waals surface area contributed by atoms with Gasteiger partial charge >= 0.3 is 0 Å². The Morgan fingerprint density at radius 3 is 2.72 bits per heavy atom. The highest BCUT2D eigenvalue weighted by Gasteiger charge is 2.13. The average Bonchev–Trinajstić information content (AvgIpc) is 2.97. The number of nitrogens with two attached hydrogens (primary N) is 1. The first-order valence-corrected chi connectivity index (χ1v) is 8.52. The second kappa shape index (κ2) is 7.82. The molecular formula is C20H22N4O. The number of rotatable bonds is 7. The predicted molar refractivity (Wildman–Crippen MR) is 100 cm³/mol. The number of imidazole rings is 1. The van der Waals surface area contributed by atoms with Crippen LogP contribution in [0.25, 0.3) is 22.4 Å². The summed E-state index contributed by atoms with van der Waals surface area (Å²) in [6, 6.07) is 16.0. The number of fused-ring (bicyclic) bond motifs is 1. The van der Waals surface area contributed by atoms with E-state index in [0.29, 0.717) is 12.1 Å². The maximum absolute atomic E-state index is 8.82. The van der Waals surface area contributed by atoms with E-state index in [2.05, 4.69) is 10.6 Å². The SMILES string of the molecule is CCOCCCn1c(-c2ccc(CC#N)cc2)nc2cc(N)ccc21. The normalized spacial score (nSPS) is 10.9. The molecule has 5 nitrogen and oxygen atoms in total. The Balaban J connectivity index is 1.98. The lowest BCUT2D eigenvalue weighted by atomic mass is 10.1. The van der Waals surface area contributed by atoms with Gasteiger partial charge in [0.1, 0.15) is 5.82 Å². The summed E-state index contributed by atoms with van der Waals surface area (Å²) in [5.74, 6) is 0.917. The molecule has 0 amide bonds. The number of aryl methyl sites for hydroxylation is 1. The number of aromatic nitrogens is 2. The maximum Gasteiger partial charge on any atom is 0.141 e. The van der Waals surface area contributed by atoms with Crippen molar-refractivity contribution < 1.29 is 4.74 Å². The number of ether oxygens (including phenoxy) is 1. The van der Waals surface area contributed by atoms with E-state index in [-0.39, 0.29) is 0 Å². The van der Waals surface area contributed by atoms with Gasteiger partial charge in [-0.3, -0.25) is 0 Å². The molecule has 2 N–H and O–H groups in total. The van der Waals surface area contributed by atoms with Crippen LogP contribution in [0.2, 0.25) is 0 Å². The van der Waals surface area contributed by atoms with Crippen molar-refractivity contribution in [3.05, 3.63) is 48.0 Å². The Kier molecular flexibility index (Phi) is 5.32. The predicted octanol–water partition coefficient (Wildman–Crippen LogP) is 3.78. The van der Waals surface area contributed by atoms with Crippen LogP contribution in [-0.2, 0) is 17.7 Å². The van der Waals surface area contributed by atoms with Crippen molar-refractivity contribution in [2.45, 2.75) is 26.3 Å². The largest absolute Gasteiger partial charge is 0.399 e. The van der Waals surface area contributed by atoms with E-state index in [0.717, 1.165) is 54.2 Å². The topological polar surface area (TPSA) is 76.9 Å². The van der Waals surface area contributed by atoms with E-state index in [1.54, 1.807) is 0 Å². The highest BCUT2D eigenvalue weighted by atomic mass is 16.5. The minimum absolute atomic E-state index is 0.418. The summed E-state index contributed by atoms with van der Waals surface area (Å²) < 4.78 is 7.68. The zero-order valence-electron chi connectivity index (χ0n) is 14.4. The molecule has 25 heavy (non-hydrogen) atoms. The van der Waals surface area contributed by atoms with Crippen LogP contribution >= 0.6 is 0 Å². The number of anilines is 1. The van der Waals surface area contributed by atoms with Crippen molar-refractivity contribution in [3.8, 4) is 17.5 Å². The van der Waals surface area contributed by atoms with Gasteiger partial charge < -0.3 is 15.0 Å². The van der Waals surface area contributed by atoms with Gasteiger partial charge in [0.2, 0.25) is 0 Å². The van der Waals surface area contributed by atoms with Gasteiger partial charge in [0, 0.05) is 31.0 Å². The van der Waals surface area contributed by atoms with Crippen molar-refractivity contribution in [2.24, 2.45) is 0 Å². The van der Waals surface area contributed by atoms with Crippen LogP contribution in [0, 0.1) is 11.3 Å². The number of nitrogens with zero attached hydrogens (tertiary/aromatic N) is 3. The van der Waals surface area contributed by atoms with Crippen LogP contribution in [0.5, 0.6) is 0 Å². The minimum Gasteiger partial charge on any atom is -0.399 e. The Bertz CT molecular complexity index is 890. The number of benzene rings is 2. The molecule has 0 saturated heterocycles. The molecule has 0 aliphatic carbocycles. The lowest BCUT2D eigenvalue weighted by molar-refractivity contribution is 0.142. The molecular weight excluding hydrogens is 312 g/mol. The van der Waals surface area contributed by atoms with E-state index in [4.69, 9.17) is 20.7 Å². The molecule has 0 atom stereocenters. The molecule has 3 rings (SSSR count). The molecule has 0 radical (unpaired) electrons. The summed E-state index contributed by atoms with van der Waals surface area (Å²) >= 11 is 0. The summed E-state index contributed by atoms with van der Waals surface area (Å²) in [6.07, 6.45) is 1.34. The van der Waals surface area contributed by atoms with Crippen LogP contribution in [0.3, 0.4) is 0 Å². The smallest absolute Gasteiger partial charge is 0.141 e. The quantitative estimate of drug-likeness (QED) is 0.527. The van der Waals surface area contributed by atoms with Gasteiger partial charge in [-0.2, -0.15) is 5.26 Å². The molecule has 0 aliphatic rings. The number of nitriles is 1. The first-order valence-electron chi connectivity index (χ1n) is 8.52. The molecule has 5 heteroatoms. The lowest BCUT2D eigenvalue weighted by Gasteiger charge is -2.10. The van der Waals surface area contributed by atoms with Gasteiger partial charge in [-0.1, -0.05) is 24.3 Å². The molecule has 1 heterocycles. The summed E-state index contributed by atoms with van der Waals surface area (Å²) in [7, 11) is 0. The highest BCUT2D eigenvalue weighted by molar-refractivity contribution is 5.83. The van der Waals surface area contributed by atoms with Gasteiger partial charge in [-0.15, -0.1) is 0 Å². The molecule has 0 aliphatic heterocycles. The molecule has 2 aromatic carbocycles. The summed E-state index contributed by atoms with van der Waals surface area (Å²) in [6.45, 7) is 4.29. The van der Waals surface area contributed by atoms with Crippen molar-refractivity contribution >= 4 is 16.7 Å². The molecule has 0 bridgehead atoms. The van der Waals surface area contributed by atoms with Crippen molar-refractivity contribution in [1.29, 1.82) is 5.26 Å². The zero-order chi connectivity index (χ0) is 17.6. The van der Waals surface area contributed by atoms with E-state index in [1.165, 1.54) is 0 Å². The van der Waals surface area contributed by atoms with Gasteiger partial charge in [0.15, 0.2) is 0 Å². The van der Waals surface area contributed by atoms with E-state index < -0.39 is 0 Å². The summed E-state index contributed by atoms with van der Waals surface area (Å²) in [4.78, 5) is 4.80. The fraction of sp³-hybridized carbons (Fsp3) is 0.300. The number of hydrogen-bond acceptors (Lipinski definition) is 4. The third-order valence-corrected chi connectivity index (χ3v) is 4.14. The first kappa shape index (κ1) is 17.0. The average molecular weight is 334 g/mol. The lowest BCUT2D eigenvalue weighted by Crippen LogP contribution is -2.04. The summed E-state index contributed by atoms with van der Waals surface area (Å²) in [5, 5.41) is 8.82. The molecule has 128 valence electrons. The Morgan fingerprint density at radius 2 is 2.00 bits per heavy atom. The summed E-state index contributed by atoms with van der Waals surface area (Å²) in [5.41, 5.74) is 10.6. The fourth-order valence-corrected chi connectivity index (χ4v) is 2.93. The Hall–Kier alpha value is -2.84. The monoisotopic (exact) mass is 334 g/mol. The molecule has 0 spiro atoms. The van der Waals surface area contributed by atoms with Gasteiger partial charge in [0.25, 0.3) is 0 Å². The zero-order valence-corrected chi connectivity index (χ0v) is 14.4. The fourth-order valence-electron chi connectivity index (χ4n) is 2.93. The Morgan fingerprint density at radius 1 is 1.20 bits per heavy atom. The van der Waals surface area contributed by atoms with Gasteiger partial charge in [-0.25, -0.2) is 4.98 Å². The highest BCUT2D eigenvalue weighted by Crippen LogP contribution is 2.27. The third kappa shape index (κ3) is 3.81. The second-order valence-corrected chi connectivity index (χ2v) is 5.92. The molecule has 1 aromatic heterocycles. The third-order valence-electron chi connectivity index (χ3n) is 4.14. The van der Waals surface area contributed by atoms with Gasteiger partial charge in [0.05, 0.1) is 23.5 Å². The second-order valence-electron chi connectivity index (χ2n) is 5.92. The molecule has 3 aromatic rings. The van der Waals surface area contributed by atoms with E-state index in [9.17, 15) is 0 Å². The van der Waals surface area contributed by atoms with E-state index >= 15 is 0 Å². The van der Waals surface area contributed by atoms with Crippen LogP contribution in [0.4, 0.5) is 5.69 Å². The van der Waals surface area contributed by atoms with Crippen LogP contribution in [0.1, 0.15) is 18.9 Å². The van der Waals surface area contributed by atoms with Crippen molar-refractivity contribution in [1.82, 2.24) is 9.55 Å². The minimum atomic E-state index is 0.418. The van der Waals surface area contributed by atoms with Crippen LogP contribution in [0.15, 0.2) is 42.5 Å². The van der Waals surface area contributed by atoms with Crippen molar-refractivity contribution in [2.75, 3.05) is 18.9 Å². The molecule has 0 unspecified atom stereocenters. The first-order chi connectivity index (χ1) is 12.2. The van der Waals surface area contributed by atoms with Crippen LogP contribution in [-0.4, -0.2) is 22.8 Å². The standard InChI is InChI=1S/C20H22N4O/c1-2-25-13-3-12-24-19-9-8-17(22)14-18(19)23-20(24)16-6-4-15(5-7-16)10-11-21/h4-9,14H,2-3,10,12-13,22H2,1H3. The maximum atomic E-state index is 8.82. The molecule has 0 fully saturated rings. The molecule has 0 saturated carbocycles. The number of nitrogen functional groups attached to an aromatic ring is 1. The van der Waals surface area contributed by atoms with Gasteiger partial charge in [-0.05, 0) is 37.1 Å². The van der Waals surface area contributed by atoms with Crippen LogP contribution < -0.4 is 5.73 Å². The number of hydrogen-bond donors (Lipinski definition) is 1.